The van der Waals surface area contributed by atoms with Crippen LogP contribution in [0.3, 0.4) is 0 Å². The summed E-state index contributed by atoms with van der Waals surface area (Å²) in [6.07, 6.45) is 4.54. The van der Waals surface area contributed by atoms with Gasteiger partial charge in [0, 0.05) is 20.4 Å². The van der Waals surface area contributed by atoms with Crippen LogP contribution in [-0.2, 0) is 0 Å². The molecule has 1 aromatic carbocycles. The average molecular weight is 396 g/mol. The summed E-state index contributed by atoms with van der Waals surface area (Å²) in [6.45, 7) is 0. The van der Waals surface area contributed by atoms with Crippen LogP contribution in [0.25, 0.3) is 0 Å². The second kappa shape index (κ2) is 6.40. The van der Waals surface area contributed by atoms with E-state index in [0.29, 0.717) is 15.4 Å². The molecule has 2 nitrogen and oxygen atoms in total. The standard InChI is InChI=1S/C13H14Br2ClNO/c14-10-6-5-8(16)7-9(10)13(18)17-12-4-2-1-3-11(12)15/h5-7,11-12H,1-4H2,(H,17,18). The van der Waals surface area contributed by atoms with Gasteiger partial charge in [0.05, 0.1) is 5.56 Å². The number of rotatable bonds is 2. The van der Waals surface area contributed by atoms with Crippen LogP contribution in [0, 0.1) is 0 Å². The number of halogens is 3. The number of carbonyl (C=O) groups is 1. The molecule has 0 saturated heterocycles. The van der Waals surface area contributed by atoms with E-state index in [0.717, 1.165) is 17.3 Å². The lowest BCUT2D eigenvalue weighted by molar-refractivity contribution is 0.0929. The van der Waals surface area contributed by atoms with Crippen LogP contribution < -0.4 is 5.32 Å². The molecule has 2 atom stereocenters. The fraction of sp³-hybridized carbons (Fsp3) is 0.462. The minimum Gasteiger partial charge on any atom is -0.348 e. The highest BCUT2D eigenvalue weighted by Gasteiger charge is 2.25. The average Bonchev–Trinajstić information content (AvgIpc) is 2.35. The summed E-state index contributed by atoms with van der Waals surface area (Å²) in [5.41, 5.74) is 0.591. The maximum Gasteiger partial charge on any atom is 0.252 e. The van der Waals surface area contributed by atoms with E-state index in [2.05, 4.69) is 37.2 Å². The number of amides is 1. The lowest BCUT2D eigenvalue weighted by atomic mass is 9.95. The Morgan fingerprint density at radius 1 is 1.33 bits per heavy atom. The van der Waals surface area contributed by atoms with E-state index < -0.39 is 0 Å². The number of benzene rings is 1. The lowest BCUT2D eigenvalue weighted by Gasteiger charge is -2.28. The fourth-order valence-corrected chi connectivity index (χ4v) is 3.48. The summed E-state index contributed by atoms with van der Waals surface area (Å²) < 4.78 is 0.770. The van der Waals surface area contributed by atoms with Crippen molar-refractivity contribution in [3.8, 4) is 0 Å². The molecule has 1 fully saturated rings. The number of alkyl halides is 1. The third-order valence-corrected chi connectivity index (χ3v) is 5.19. The Morgan fingerprint density at radius 2 is 2.06 bits per heavy atom. The highest BCUT2D eigenvalue weighted by atomic mass is 79.9. The summed E-state index contributed by atoms with van der Waals surface area (Å²) in [5, 5.41) is 3.65. The van der Waals surface area contributed by atoms with E-state index in [1.807, 2.05) is 0 Å². The number of hydrogen-bond acceptors (Lipinski definition) is 1. The van der Waals surface area contributed by atoms with Crippen LogP contribution in [0.2, 0.25) is 5.02 Å². The van der Waals surface area contributed by atoms with Gasteiger partial charge in [-0.1, -0.05) is 40.4 Å². The van der Waals surface area contributed by atoms with Crippen LogP contribution >= 0.6 is 43.5 Å². The monoisotopic (exact) mass is 393 g/mol. The first-order valence-corrected chi connectivity index (χ1v) is 8.06. The van der Waals surface area contributed by atoms with Gasteiger partial charge in [-0.25, -0.2) is 0 Å². The second-order valence-corrected chi connectivity index (χ2v) is 6.97. The zero-order valence-electron chi connectivity index (χ0n) is 9.76. The molecule has 98 valence electrons. The van der Waals surface area contributed by atoms with E-state index >= 15 is 0 Å². The van der Waals surface area contributed by atoms with E-state index in [9.17, 15) is 4.79 Å². The van der Waals surface area contributed by atoms with Crippen molar-refractivity contribution in [3.63, 3.8) is 0 Å². The van der Waals surface area contributed by atoms with Crippen molar-refractivity contribution < 1.29 is 4.79 Å². The van der Waals surface area contributed by atoms with E-state index in [-0.39, 0.29) is 11.9 Å². The Labute approximate surface area is 129 Å². The normalized spacial score (nSPS) is 23.7. The predicted molar refractivity (Wildman–Crippen MR) is 81.6 cm³/mol. The Bertz CT molecular complexity index is 453. The molecule has 0 spiro atoms. The first kappa shape index (κ1) is 14.4. The summed E-state index contributed by atoms with van der Waals surface area (Å²) in [7, 11) is 0. The zero-order chi connectivity index (χ0) is 13.1. The van der Waals surface area contributed by atoms with Gasteiger partial charge in [-0.2, -0.15) is 0 Å². The van der Waals surface area contributed by atoms with Crippen molar-refractivity contribution in [1.82, 2.24) is 5.32 Å². The van der Waals surface area contributed by atoms with Crippen LogP contribution in [-0.4, -0.2) is 16.8 Å². The minimum absolute atomic E-state index is 0.0688. The van der Waals surface area contributed by atoms with Crippen molar-refractivity contribution >= 4 is 49.4 Å². The molecule has 0 bridgehead atoms. The van der Waals surface area contributed by atoms with Crippen LogP contribution in [0.15, 0.2) is 22.7 Å². The second-order valence-electron chi connectivity index (χ2n) is 4.50. The highest BCUT2D eigenvalue weighted by Crippen LogP contribution is 2.26. The van der Waals surface area contributed by atoms with Crippen molar-refractivity contribution in [2.45, 2.75) is 36.6 Å². The first-order valence-electron chi connectivity index (χ1n) is 5.98. The van der Waals surface area contributed by atoms with Crippen molar-refractivity contribution in [2.24, 2.45) is 0 Å². The summed E-state index contributed by atoms with van der Waals surface area (Å²) in [5.74, 6) is -0.0688. The molecule has 2 rings (SSSR count). The molecule has 5 heteroatoms. The lowest BCUT2D eigenvalue weighted by Crippen LogP contribution is -2.42. The number of nitrogens with one attached hydrogen (secondary N) is 1. The van der Waals surface area contributed by atoms with Crippen molar-refractivity contribution in [1.29, 1.82) is 0 Å². The molecule has 18 heavy (non-hydrogen) atoms. The molecule has 1 N–H and O–H groups in total. The van der Waals surface area contributed by atoms with E-state index in [1.54, 1.807) is 18.2 Å². The minimum atomic E-state index is -0.0688. The zero-order valence-corrected chi connectivity index (χ0v) is 13.7. The molecular formula is C13H14Br2ClNO. The molecule has 0 aromatic heterocycles. The number of hydrogen-bond donors (Lipinski definition) is 1. The van der Waals surface area contributed by atoms with Crippen LogP contribution in [0.1, 0.15) is 36.0 Å². The highest BCUT2D eigenvalue weighted by molar-refractivity contribution is 9.10. The molecule has 1 saturated carbocycles. The van der Waals surface area contributed by atoms with Gasteiger partial charge in [0.1, 0.15) is 0 Å². The molecule has 2 unspecified atom stereocenters. The van der Waals surface area contributed by atoms with E-state index in [1.165, 1.54) is 12.8 Å². The van der Waals surface area contributed by atoms with Gasteiger partial charge in [-0.3, -0.25) is 4.79 Å². The van der Waals surface area contributed by atoms with E-state index in [4.69, 9.17) is 11.6 Å². The van der Waals surface area contributed by atoms with Crippen molar-refractivity contribution in [2.75, 3.05) is 0 Å². The Kier molecular flexibility index (Phi) is 5.10. The molecule has 1 aromatic rings. The third-order valence-electron chi connectivity index (χ3n) is 3.17. The van der Waals surface area contributed by atoms with Gasteiger partial charge in [0.25, 0.3) is 5.91 Å². The third kappa shape index (κ3) is 3.49. The van der Waals surface area contributed by atoms with Gasteiger partial charge in [-0.15, -0.1) is 0 Å². The summed E-state index contributed by atoms with van der Waals surface area (Å²) in [4.78, 5) is 12.6. The van der Waals surface area contributed by atoms with Gasteiger partial charge >= 0.3 is 0 Å². The summed E-state index contributed by atoms with van der Waals surface area (Å²) in [6, 6.07) is 5.45. The predicted octanol–water partition coefficient (Wildman–Crippen LogP) is 4.54. The van der Waals surface area contributed by atoms with Gasteiger partial charge in [0.2, 0.25) is 0 Å². The number of carbonyl (C=O) groups excluding carboxylic acids is 1. The molecule has 0 radical (unpaired) electrons. The quantitative estimate of drug-likeness (QED) is 0.732. The van der Waals surface area contributed by atoms with Crippen LogP contribution in [0.5, 0.6) is 0 Å². The molecule has 0 aliphatic heterocycles. The molecule has 1 aliphatic carbocycles. The molecule has 1 aliphatic rings. The smallest absolute Gasteiger partial charge is 0.252 e. The Balaban J connectivity index is 2.09. The SMILES string of the molecule is O=C(NC1CCCCC1Br)c1cc(Cl)ccc1Br. The largest absolute Gasteiger partial charge is 0.348 e. The first-order chi connectivity index (χ1) is 8.58. The maximum absolute atomic E-state index is 12.2. The van der Waals surface area contributed by atoms with Gasteiger partial charge in [-0.05, 0) is 47.0 Å². The molecule has 1 amide bonds. The van der Waals surface area contributed by atoms with Gasteiger partial charge < -0.3 is 5.32 Å². The topological polar surface area (TPSA) is 29.1 Å². The Morgan fingerprint density at radius 3 is 2.78 bits per heavy atom. The van der Waals surface area contributed by atoms with Gasteiger partial charge in [0.15, 0.2) is 0 Å². The van der Waals surface area contributed by atoms with Crippen molar-refractivity contribution in [3.05, 3.63) is 33.3 Å². The van der Waals surface area contributed by atoms with Crippen LogP contribution in [0.4, 0.5) is 0 Å². The molecular weight excluding hydrogens is 381 g/mol. The fourth-order valence-electron chi connectivity index (χ4n) is 2.17. The molecule has 0 heterocycles. The summed E-state index contributed by atoms with van der Waals surface area (Å²) >= 11 is 12.9. The maximum atomic E-state index is 12.2. The Hall–Kier alpha value is -0.0600.